The van der Waals surface area contributed by atoms with Crippen LogP contribution < -0.4 is 0 Å². The maximum atomic E-state index is 12.6. The lowest BCUT2D eigenvalue weighted by Gasteiger charge is -2.48. The fourth-order valence-electron chi connectivity index (χ4n) is 3.54. The van der Waals surface area contributed by atoms with E-state index in [4.69, 9.17) is 14.2 Å². The summed E-state index contributed by atoms with van der Waals surface area (Å²) in [6, 6.07) is -1.06. The highest BCUT2D eigenvalue weighted by atomic mass is 16.6. The SMILES string of the molecule is COC(=O)C1CCC(=O)N1C1CC(C(=O)OC(C)C)(C(=O)OC(C)C)C1. The van der Waals surface area contributed by atoms with Gasteiger partial charge in [0, 0.05) is 12.5 Å². The van der Waals surface area contributed by atoms with Crippen molar-refractivity contribution in [1.29, 1.82) is 0 Å². The Morgan fingerprint density at radius 1 is 1.04 bits per heavy atom. The third-order valence-electron chi connectivity index (χ3n) is 4.76. The number of likely N-dealkylation sites (tertiary alicyclic amines) is 1. The number of nitrogens with zero attached hydrogens (tertiary/aromatic N) is 1. The Hall–Kier alpha value is -2.12. The highest BCUT2D eigenvalue weighted by Gasteiger charge is 2.62. The first-order valence-electron chi connectivity index (χ1n) is 8.93. The van der Waals surface area contributed by atoms with Gasteiger partial charge in [0.2, 0.25) is 5.91 Å². The summed E-state index contributed by atoms with van der Waals surface area (Å²) < 4.78 is 15.3. The number of carbonyl (C=O) groups is 4. The number of rotatable bonds is 6. The minimum Gasteiger partial charge on any atom is -0.467 e. The minimum absolute atomic E-state index is 0.0866. The molecule has 2 fully saturated rings. The molecule has 0 bridgehead atoms. The maximum absolute atomic E-state index is 12.6. The number of hydrogen-bond donors (Lipinski definition) is 0. The predicted octanol–water partition coefficient (Wildman–Crippen LogP) is 1.20. The summed E-state index contributed by atoms with van der Waals surface area (Å²) in [6.07, 6.45) is 0.0491. The molecule has 1 atom stereocenters. The zero-order valence-electron chi connectivity index (χ0n) is 15.9. The topological polar surface area (TPSA) is 99.2 Å². The molecule has 0 spiro atoms. The number of esters is 3. The van der Waals surface area contributed by atoms with Crippen LogP contribution in [0.5, 0.6) is 0 Å². The molecular formula is C18H27NO7. The van der Waals surface area contributed by atoms with Crippen LogP contribution in [0.25, 0.3) is 0 Å². The number of amides is 1. The second-order valence-electron chi connectivity index (χ2n) is 7.43. The molecule has 1 aliphatic carbocycles. The van der Waals surface area contributed by atoms with Crippen LogP contribution in [0.3, 0.4) is 0 Å². The molecule has 0 radical (unpaired) electrons. The normalized spacial score (nSPS) is 22.3. The Labute approximate surface area is 153 Å². The molecule has 0 aromatic carbocycles. The van der Waals surface area contributed by atoms with Gasteiger partial charge >= 0.3 is 17.9 Å². The van der Waals surface area contributed by atoms with Gasteiger partial charge in [0.05, 0.1) is 19.3 Å². The standard InChI is InChI=1S/C18H27NO7/c1-10(2)25-16(22)18(17(23)26-11(3)4)8-12(9-18)19-13(15(21)24-5)6-7-14(19)20/h10-13H,6-9H2,1-5H3. The average molecular weight is 369 g/mol. The lowest BCUT2D eigenvalue weighted by Crippen LogP contribution is -2.62. The fourth-order valence-corrected chi connectivity index (χ4v) is 3.54. The largest absolute Gasteiger partial charge is 0.467 e. The highest BCUT2D eigenvalue weighted by Crippen LogP contribution is 2.48. The van der Waals surface area contributed by atoms with E-state index < -0.39 is 35.4 Å². The first-order chi connectivity index (χ1) is 12.1. The van der Waals surface area contributed by atoms with Crippen molar-refractivity contribution in [2.24, 2.45) is 5.41 Å². The van der Waals surface area contributed by atoms with Crippen LogP contribution in [0.1, 0.15) is 53.4 Å². The Morgan fingerprint density at radius 3 is 1.96 bits per heavy atom. The monoisotopic (exact) mass is 369 g/mol. The molecule has 1 heterocycles. The second-order valence-corrected chi connectivity index (χ2v) is 7.43. The average Bonchev–Trinajstić information content (AvgIpc) is 2.86. The van der Waals surface area contributed by atoms with Crippen LogP contribution in [0, 0.1) is 5.41 Å². The van der Waals surface area contributed by atoms with E-state index in [-0.39, 0.29) is 37.4 Å². The summed E-state index contributed by atoms with van der Waals surface area (Å²) in [7, 11) is 1.27. The highest BCUT2D eigenvalue weighted by molar-refractivity contribution is 6.02. The summed E-state index contributed by atoms with van der Waals surface area (Å²) in [4.78, 5) is 50.8. The molecule has 0 N–H and O–H groups in total. The first kappa shape index (κ1) is 20.2. The summed E-state index contributed by atoms with van der Waals surface area (Å²) in [5.74, 6) is -1.94. The van der Waals surface area contributed by atoms with Gasteiger partial charge < -0.3 is 19.1 Å². The van der Waals surface area contributed by atoms with Crippen molar-refractivity contribution in [3.63, 3.8) is 0 Å². The molecule has 8 nitrogen and oxygen atoms in total. The van der Waals surface area contributed by atoms with E-state index in [9.17, 15) is 19.2 Å². The third kappa shape index (κ3) is 3.68. The Bertz CT molecular complexity index is 568. The van der Waals surface area contributed by atoms with Crippen molar-refractivity contribution in [3.8, 4) is 0 Å². The van der Waals surface area contributed by atoms with Crippen molar-refractivity contribution >= 4 is 23.8 Å². The van der Waals surface area contributed by atoms with Gasteiger partial charge in [-0.2, -0.15) is 0 Å². The van der Waals surface area contributed by atoms with Gasteiger partial charge in [0.25, 0.3) is 0 Å². The van der Waals surface area contributed by atoms with Crippen molar-refractivity contribution < 1.29 is 33.4 Å². The van der Waals surface area contributed by atoms with Gasteiger partial charge in [-0.15, -0.1) is 0 Å². The molecule has 1 aliphatic heterocycles. The van der Waals surface area contributed by atoms with Crippen LogP contribution >= 0.6 is 0 Å². The van der Waals surface area contributed by atoms with Crippen LogP contribution in [-0.4, -0.2) is 60.1 Å². The van der Waals surface area contributed by atoms with E-state index in [0.717, 1.165) is 0 Å². The van der Waals surface area contributed by atoms with E-state index >= 15 is 0 Å². The summed E-state index contributed by atoms with van der Waals surface area (Å²) in [5, 5.41) is 0. The molecule has 0 aromatic heterocycles. The van der Waals surface area contributed by atoms with Gasteiger partial charge in [0.1, 0.15) is 6.04 Å². The number of methoxy groups -OCH3 is 1. The van der Waals surface area contributed by atoms with Gasteiger partial charge in [-0.1, -0.05) is 0 Å². The molecule has 0 aromatic rings. The quantitative estimate of drug-likeness (QED) is 0.394. The van der Waals surface area contributed by atoms with E-state index in [1.165, 1.54) is 12.0 Å². The molecular weight excluding hydrogens is 342 g/mol. The molecule has 2 rings (SSSR count). The Morgan fingerprint density at radius 2 is 1.54 bits per heavy atom. The maximum Gasteiger partial charge on any atom is 0.328 e. The zero-order valence-corrected chi connectivity index (χ0v) is 15.9. The fraction of sp³-hybridized carbons (Fsp3) is 0.778. The number of ether oxygens (including phenoxy) is 3. The van der Waals surface area contributed by atoms with Crippen LogP contribution in [0.15, 0.2) is 0 Å². The summed E-state index contributed by atoms with van der Waals surface area (Å²) in [5.41, 5.74) is -1.43. The van der Waals surface area contributed by atoms with E-state index in [1.807, 2.05) is 0 Å². The van der Waals surface area contributed by atoms with Gasteiger partial charge in [-0.05, 0) is 47.0 Å². The third-order valence-corrected chi connectivity index (χ3v) is 4.76. The smallest absolute Gasteiger partial charge is 0.328 e. The second kappa shape index (κ2) is 7.63. The molecule has 146 valence electrons. The molecule has 1 unspecified atom stereocenters. The van der Waals surface area contributed by atoms with E-state index in [2.05, 4.69) is 0 Å². The lowest BCUT2D eigenvalue weighted by atomic mass is 9.64. The molecule has 8 heteroatoms. The summed E-state index contributed by atoms with van der Waals surface area (Å²) in [6.45, 7) is 6.80. The molecule has 26 heavy (non-hydrogen) atoms. The van der Waals surface area contributed by atoms with Crippen LogP contribution in [0.2, 0.25) is 0 Å². The Kier molecular flexibility index (Phi) is 5.93. The van der Waals surface area contributed by atoms with Gasteiger partial charge in [-0.25, -0.2) is 4.79 Å². The Balaban J connectivity index is 2.19. The van der Waals surface area contributed by atoms with E-state index in [0.29, 0.717) is 6.42 Å². The van der Waals surface area contributed by atoms with E-state index in [1.54, 1.807) is 27.7 Å². The number of hydrogen-bond acceptors (Lipinski definition) is 7. The van der Waals surface area contributed by atoms with Gasteiger partial charge in [0.15, 0.2) is 5.41 Å². The van der Waals surface area contributed by atoms with Gasteiger partial charge in [-0.3, -0.25) is 14.4 Å². The first-order valence-corrected chi connectivity index (χ1v) is 8.93. The molecule has 2 aliphatic rings. The van der Waals surface area contributed by atoms with Crippen LogP contribution in [0.4, 0.5) is 0 Å². The van der Waals surface area contributed by atoms with Crippen molar-refractivity contribution in [2.45, 2.75) is 77.7 Å². The zero-order chi connectivity index (χ0) is 19.6. The molecule has 1 amide bonds. The molecule has 1 saturated heterocycles. The van der Waals surface area contributed by atoms with Crippen molar-refractivity contribution in [3.05, 3.63) is 0 Å². The van der Waals surface area contributed by atoms with Crippen LogP contribution in [-0.2, 0) is 33.4 Å². The minimum atomic E-state index is -1.43. The van der Waals surface area contributed by atoms with Crippen molar-refractivity contribution in [1.82, 2.24) is 4.90 Å². The predicted molar refractivity (Wildman–Crippen MR) is 89.8 cm³/mol. The van der Waals surface area contributed by atoms with Crippen molar-refractivity contribution in [2.75, 3.05) is 7.11 Å². The molecule has 1 saturated carbocycles. The lowest BCUT2D eigenvalue weighted by molar-refractivity contribution is -0.191. The summed E-state index contributed by atoms with van der Waals surface area (Å²) >= 11 is 0. The number of carbonyl (C=O) groups excluding carboxylic acids is 4.